The van der Waals surface area contributed by atoms with E-state index in [2.05, 4.69) is 4.98 Å². The van der Waals surface area contributed by atoms with Gasteiger partial charge in [-0.2, -0.15) is 13.2 Å². The van der Waals surface area contributed by atoms with Gasteiger partial charge in [0.1, 0.15) is 5.82 Å². The number of rotatable bonds is 3. The zero-order valence-corrected chi connectivity index (χ0v) is 11.9. The smallest absolute Gasteiger partial charge is 0.347 e. The van der Waals surface area contributed by atoms with Gasteiger partial charge in [-0.25, -0.2) is 4.98 Å². The summed E-state index contributed by atoms with van der Waals surface area (Å²) in [5.74, 6) is 0.144. The minimum atomic E-state index is -4.40. The molecule has 1 amide bonds. The summed E-state index contributed by atoms with van der Waals surface area (Å²) in [5.41, 5.74) is -0.741. The van der Waals surface area contributed by atoms with Crippen molar-refractivity contribution in [3.05, 3.63) is 23.9 Å². The van der Waals surface area contributed by atoms with Crippen LogP contribution in [-0.2, 0) is 11.0 Å². The lowest BCUT2D eigenvalue weighted by Crippen LogP contribution is -2.37. The molecule has 1 fully saturated rings. The summed E-state index contributed by atoms with van der Waals surface area (Å²) >= 11 is 0. The zero-order chi connectivity index (χ0) is 15.5. The molecule has 1 saturated heterocycles. The Hall–Kier alpha value is -1.79. The number of carbonyl (C=O) groups is 1. The van der Waals surface area contributed by atoms with Crippen LogP contribution in [0, 0.1) is 0 Å². The van der Waals surface area contributed by atoms with Crippen LogP contribution in [0.2, 0.25) is 0 Å². The lowest BCUT2D eigenvalue weighted by Gasteiger charge is -2.22. The van der Waals surface area contributed by atoms with Crippen LogP contribution >= 0.6 is 0 Å². The Morgan fingerprint density at radius 2 is 2.10 bits per heavy atom. The van der Waals surface area contributed by atoms with Gasteiger partial charge >= 0.3 is 6.18 Å². The third kappa shape index (κ3) is 3.86. The van der Waals surface area contributed by atoms with E-state index in [4.69, 9.17) is 0 Å². The van der Waals surface area contributed by atoms with Gasteiger partial charge in [0.2, 0.25) is 5.91 Å². The van der Waals surface area contributed by atoms with Gasteiger partial charge < -0.3 is 9.80 Å². The first kappa shape index (κ1) is 15.6. The largest absolute Gasteiger partial charge is 0.416 e. The van der Waals surface area contributed by atoms with Crippen molar-refractivity contribution in [3.8, 4) is 0 Å². The number of carbonyl (C=O) groups excluding carboxylic acids is 1. The molecule has 7 heteroatoms. The lowest BCUT2D eigenvalue weighted by molar-refractivity contribution is -0.137. The molecule has 0 aromatic carbocycles. The molecule has 1 aromatic rings. The van der Waals surface area contributed by atoms with Crippen LogP contribution in [0.1, 0.15) is 25.3 Å². The molecule has 0 aliphatic carbocycles. The van der Waals surface area contributed by atoms with Gasteiger partial charge in [0.25, 0.3) is 0 Å². The molecule has 2 heterocycles. The maximum absolute atomic E-state index is 12.7. The second kappa shape index (κ2) is 6.32. The van der Waals surface area contributed by atoms with E-state index in [-0.39, 0.29) is 18.3 Å². The van der Waals surface area contributed by atoms with Crippen LogP contribution in [0.5, 0.6) is 0 Å². The van der Waals surface area contributed by atoms with E-state index in [1.807, 2.05) is 6.92 Å². The van der Waals surface area contributed by atoms with E-state index in [9.17, 15) is 18.0 Å². The molecule has 21 heavy (non-hydrogen) atoms. The van der Waals surface area contributed by atoms with Crippen LogP contribution in [0.4, 0.5) is 19.0 Å². The number of halogens is 3. The molecule has 0 radical (unpaired) electrons. The fourth-order valence-electron chi connectivity index (χ4n) is 2.39. The number of pyridine rings is 1. The van der Waals surface area contributed by atoms with E-state index >= 15 is 0 Å². The Labute approximate surface area is 121 Å². The van der Waals surface area contributed by atoms with Crippen LogP contribution in [-0.4, -0.2) is 42.0 Å². The van der Waals surface area contributed by atoms with Crippen molar-refractivity contribution in [2.24, 2.45) is 0 Å². The summed E-state index contributed by atoms with van der Waals surface area (Å²) in [6, 6.07) is 1.94. The quantitative estimate of drug-likeness (QED) is 0.861. The van der Waals surface area contributed by atoms with Gasteiger partial charge in [-0.15, -0.1) is 0 Å². The van der Waals surface area contributed by atoms with Crippen molar-refractivity contribution in [1.82, 2.24) is 9.88 Å². The maximum atomic E-state index is 12.7. The van der Waals surface area contributed by atoms with Crippen LogP contribution in [0.15, 0.2) is 18.3 Å². The number of hydrogen-bond donors (Lipinski definition) is 0. The average Bonchev–Trinajstić information content (AvgIpc) is 2.61. The van der Waals surface area contributed by atoms with Crippen LogP contribution < -0.4 is 4.90 Å². The monoisotopic (exact) mass is 301 g/mol. The molecule has 1 aliphatic heterocycles. The summed E-state index contributed by atoms with van der Waals surface area (Å²) in [5, 5.41) is 0. The molecule has 0 bridgehead atoms. The lowest BCUT2D eigenvalue weighted by atomic mass is 10.2. The highest BCUT2D eigenvalue weighted by Gasteiger charge is 2.31. The van der Waals surface area contributed by atoms with E-state index < -0.39 is 11.7 Å². The highest BCUT2D eigenvalue weighted by atomic mass is 19.4. The molecular formula is C14H18F3N3O. The van der Waals surface area contributed by atoms with Gasteiger partial charge in [-0.05, 0) is 25.0 Å². The highest BCUT2D eigenvalue weighted by Crippen LogP contribution is 2.30. The van der Waals surface area contributed by atoms with Crippen molar-refractivity contribution >= 4 is 11.7 Å². The molecule has 116 valence electrons. The third-order valence-electron chi connectivity index (χ3n) is 3.43. The summed E-state index contributed by atoms with van der Waals surface area (Å²) in [7, 11) is 0. The number of anilines is 1. The van der Waals surface area contributed by atoms with Crippen molar-refractivity contribution in [2.45, 2.75) is 25.9 Å². The summed E-state index contributed by atoms with van der Waals surface area (Å²) in [6.45, 7) is 3.92. The maximum Gasteiger partial charge on any atom is 0.416 e. The number of aromatic nitrogens is 1. The summed E-state index contributed by atoms with van der Waals surface area (Å²) in [4.78, 5) is 19.5. The minimum absolute atomic E-state index is 0.0615. The Morgan fingerprint density at radius 3 is 2.76 bits per heavy atom. The van der Waals surface area contributed by atoms with Crippen molar-refractivity contribution in [1.29, 1.82) is 0 Å². The fourth-order valence-corrected chi connectivity index (χ4v) is 2.39. The summed E-state index contributed by atoms with van der Waals surface area (Å²) < 4.78 is 38.2. The number of amides is 1. The fraction of sp³-hybridized carbons (Fsp3) is 0.571. The van der Waals surface area contributed by atoms with Gasteiger partial charge in [-0.1, -0.05) is 6.92 Å². The Morgan fingerprint density at radius 1 is 1.33 bits per heavy atom. The van der Waals surface area contributed by atoms with Crippen molar-refractivity contribution < 1.29 is 18.0 Å². The number of alkyl halides is 3. The molecule has 0 atom stereocenters. The molecular weight excluding hydrogens is 283 g/mol. The first-order valence-electron chi connectivity index (χ1n) is 6.98. The first-order chi connectivity index (χ1) is 9.91. The normalized spacial score (nSPS) is 17.0. The SMILES string of the molecule is CCCN1CCCN(c2cc(C(F)(F)F)ccn2)CC1=O. The zero-order valence-electron chi connectivity index (χ0n) is 11.9. The van der Waals surface area contributed by atoms with Gasteiger partial charge in [0.15, 0.2) is 0 Å². The Kier molecular flexibility index (Phi) is 4.69. The van der Waals surface area contributed by atoms with Crippen molar-refractivity contribution in [3.63, 3.8) is 0 Å². The van der Waals surface area contributed by atoms with Gasteiger partial charge in [0, 0.05) is 25.8 Å². The first-order valence-corrected chi connectivity index (χ1v) is 6.98. The molecule has 4 nitrogen and oxygen atoms in total. The van der Waals surface area contributed by atoms with E-state index in [1.165, 1.54) is 0 Å². The Bertz CT molecular complexity index is 504. The average molecular weight is 301 g/mol. The van der Waals surface area contributed by atoms with Crippen molar-refractivity contribution in [2.75, 3.05) is 31.1 Å². The van der Waals surface area contributed by atoms with E-state index in [0.717, 1.165) is 31.2 Å². The third-order valence-corrected chi connectivity index (χ3v) is 3.43. The topological polar surface area (TPSA) is 36.4 Å². The van der Waals surface area contributed by atoms with E-state index in [1.54, 1.807) is 9.80 Å². The minimum Gasteiger partial charge on any atom is -0.347 e. The molecule has 1 aliphatic rings. The van der Waals surface area contributed by atoms with Crippen LogP contribution in [0.25, 0.3) is 0 Å². The standard InChI is InChI=1S/C14H18F3N3O/c1-2-6-19-7-3-8-20(10-13(19)21)12-9-11(4-5-18-12)14(15,16)17/h4-5,9H,2-3,6-8,10H2,1H3. The predicted octanol–water partition coefficient (Wildman–Crippen LogP) is 2.55. The van der Waals surface area contributed by atoms with Gasteiger partial charge in [0.05, 0.1) is 12.1 Å². The summed E-state index contributed by atoms with van der Waals surface area (Å²) in [6.07, 6.45) is -1.67. The van der Waals surface area contributed by atoms with E-state index in [0.29, 0.717) is 19.6 Å². The molecule has 0 N–H and O–H groups in total. The second-order valence-corrected chi connectivity index (χ2v) is 5.06. The molecule has 1 aromatic heterocycles. The highest BCUT2D eigenvalue weighted by molar-refractivity contribution is 5.81. The molecule has 2 rings (SSSR count). The number of nitrogens with zero attached hydrogens (tertiary/aromatic N) is 3. The Balaban J connectivity index is 2.17. The van der Waals surface area contributed by atoms with Gasteiger partial charge in [-0.3, -0.25) is 4.79 Å². The molecule has 0 spiro atoms. The predicted molar refractivity (Wildman–Crippen MR) is 72.9 cm³/mol. The molecule has 0 unspecified atom stereocenters. The molecule has 0 saturated carbocycles. The number of hydrogen-bond acceptors (Lipinski definition) is 3. The van der Waals surface area contributed by atoms with Crippen LogP contribution in [0.3, 0.4) is 0 Å². The second-order valence-electron chi connectivity index (χ2n) is 5.06.